The van der Waals surface area contributed by atoms with Gasteiger partial charge in [0.05, 0.1) is 22.3 Å². The molecule has 236 valence electrons. The van der Waals surface area contributed by atoms with Gasteiger partial charge in [-0.05, 0) is 77.5 Å². The van der Waals surface area contributed by atoms with Gasteiger partial charge >= 0.3 is 0 Å². The van der Waals surface area contributed by atoms with Crippen LogP contribution in [0.25, 0.3) is 105 Å². The number of fused-ring (bicyclic) bond motifs is 10. The van der Waals surface area contributed by atoms with Crippen molar-refractivity contribution in [2.75, 3.05) is 0 Å². The standard InChI is InChI=1S/C45H24N4O2/c46-25-30-21-29(18-20-36(30)49-37-14-6-3-11-31(37)35-22-26-9-1-2-10-27(26)23-38(35)49)45-47-42(44-43(48-45)34-13-5-8-16-40(34)51-44)28-17-19-33-32-12-4-7-15-39(32)50-41(33)24-28/h1-24H. The van der Waals surface area contributed by atoms with E-state index >= 15 is 0 Å². The molecule has 0 atom stereocenters. The number of nitriles is 1. The Morgan fingerprint density at radius 1 is 0.510 bits per heavy atom. The van der Waals surface area contributed by atoms with Gasteiger partial charge in [-0.25, -0.2) is 9.97 Å². The molecule has 0 amide bonds. The molecule has 0 aliphatic carbocycles. The van der Waals surface area contributed by atoms with Crippen LogP contribution in [0.4, 0.5) is 0 Å². The molecule has 11 aromatic rings. The topological polar surface area (TPSA) is 80.8 Å². The van der Waals surface area contributed by atoms with Crippen molar-refractivity contribution in [3.05, 3.63) is 151 Å². The van der Waals surface area contributed by atoms with Crippen molar-refractivity contribution in [3.63, 3.8) is 0 Å². The van der Waals surface area contributed by atoms with Crippen LogP contribution >= 0.6 is 0 Å². The Hall–Kier alpha value is -7.23. The summed E-state index contributed by atoms with van der Waals surface area (Å²) >= 11 is 0. The number of para-hydroxylation sites is 3. The predicted molar refractivity (Wildman–Crippen MR) is 204 cm³/mol. The van der Waals surface area contributed by atoms with E-state index < -0.39 is 0 Å². The molecule has 0 fully saturated rings. The number of hydrogen-bond donors (Lipinski definition) is 0. The summed E-state index contributed by atoms with van der Waals surface area (Å²) < 4.78 is 14.9. The minimum Gasteiger partial charge on any atom is -0.456 e. The normalized spacial score (nSPS) is 11.9. The first-order valence-corrected chi connectivity index (χ1v) is 16.8. The monoisotopic (exact) mass is 652 g/mol. The average Bonchev–Trinajstić information content (AvgIpc) is 3.85. The van der Waals surface area contributed by atoms with Crippen molar-refractivity contribution < 1.29 is 8.83 Å². The minimum absolute atomic E-state index is 0.505. The zero-order valence-electron chi connectivity index (χ0n) is 27.0. The Morgan fingerprint density at radius 3 is 2.04 bits per heavy atom. The van der Waals surface area contributed by atoms with Crippen LogP contribution in [0, 0.1) is 11.3 Å². The molecule has 0 saturated carbocycles. The Kier molecular flexibility index (Phi) is 5.64. The van der Waals surface area contributed by atoms with E-state index in [4.69, 9.17) is 18.8 Å². The maximum Gasteiger partial charge on any atom is 0.180 e. The molecule has 6 nitrogen and oxygen atoms in total. The van der Waals surface area contributed by atoms with E-state index in [2.05, 4.69) is 83.4 Å². The van der Waals surface area contributed by atoms with Gasteiger partial charge in [0.15, 0.2) is 11.4 Å². The highest BCUT2D eigenvalue weighted by molar-refractivity contribution is 6.14. The molecule has 0 saturated heterocycles. The highest BCUT2D eigenvalue weighted by Gasteiger charge is 2.21. The first-order valence-electron chi connectivity index (χ1n) is 16.8. The van der Waals surface area contributed by atoms with Gasteiger partial charge in [-0.15, -0.1) is 0 Å². The van der Waals surface area contributed by atoms with Crippen molar-refractivity contribution >= 4 is 76.6 Å². The Bertz CT molecular complexity index is 3280. The highest BCUT2D eigenvalue weighted by atomic mass is 16.3. The lowest BCUT2D eigenvalue weighted by atomic mass is 10.0. The molecule has 0 radical (unpaired) electrons. The molecule has 0 N–H and O–H groups in total. The van der Waals surface area contributed by atoms with E-state index in [-0.39, 0.29) is 0 Å². The Balaban J connectivity index is 1.13. The van der Waals surface area contributed by atoms with Gasteiger partial charge in [0.2, 0.25) is 0 Å². The van der Waals surface area contributed by atoms with Crippen molar-refractivity contribution in [1.82, 2.24) is 14.5 Å². The van der Waals surface area contributed by atoms with Crippen LogP contribution < -0.4 is 0 Å². The van der Waals surface area contributed by atoms with Crippen LogP contribution in [0.1, 0.15) is 5.56 Å². The smallest absolute Gasteiger partial charge is 0.180 e. The summed E-state index contributed by atoms with van der Waals surface area (Å²) in [6.07, 6.45) is 0. The van der Waals surface area contributed by atoms with Crippen LogP contribution in [0.2, 0.25) is 0 Å². The number of aromatic nitrogens is 3. The third-order valence-electron chi connectivity index (χ3n) is 10.0. The molecule has 4 heterocycles. The van der Waals surface area contributed by atoms with Crippen molar-refractivity contribution in [3.8, 4) is 34.4 Å². The van der Waals surface area contributed by atoms with Crippen LogP contribution in [-0.4, -0.2) is 14.5 Å². The van der Waals surface area contributed by atoms with Crippen molar-refractivity contribution in [2.24, 2.45) is 0 Å². The molecular weight excluding hydrogens is 629 g/mol. The number of benzene rings is 7. The third kappa shape index (κ3) is 4.03. The summed E-state index contributed by atoms with van der Waals surface area (Å²) in [5.41, 5.74) is 9.31. The molecule has 0 unspecified atom stereocenters. The molecular formula is C45H24N4O2. The average molecular weight is 653 g/mol. The molecule has 0 aliphatic heterocycles. The second-order valence-electron chi connectivity index (χ2n) is 12.9. The maximum atomic E-state index is 10.6. The number of rotatable bonds is 3. The lowest BCUT2D eigenvalue weighted by Crippen LogP contribution is -1.99. The van der Waals surface area contributed by atoms with Crippen LogP contribution in [0.3, 0.4) is 0 Å². The lowest BCUT2D eigenvalue weighted by Gasteiger charge is -2.12. The fourth-order valence-corrected chi connectivity index (χ4v) is 7.66. The summed E-state index contributed by atoms with van der Waals surface area (Å²) in [7, 11) is 0. The van der Waals surface area contributed by atoms with E-state index in [0.29, 0.717) is 28.2 Å². The summed E-state index contributed by atoms with van der Waals surface area (Å²) in [6, 6.07) is 51.7. The van der Waals surface area contributed by atoms with Gasteiger partial charge in [-0.1, -0.05) is 78.9 Å². The number of furan rings is 2. The number of hydrogen-bond acceptors (Lipinski definition) is 5. The zero-order chi connectivity index (χ0) is 33.6. The van der Waals surface area contributed by atoms with E-state index in [0.717, 1.165) is 76.9 Å². The summed E-state index contributed by atoms with van der Waals surface area (Å²) in [5, 5.41) is 18.3. The first-order chi connectivity index (χ1) is 25.2. The van der Waals surface area contributed by atoms with E-state index in [1.54, 1.807) is 0 Å². The molecule has 0 spiro atoms. The van der Waals surface area contributed by atoms with Crippen LogP contribution in [0.5, 0.6) is 0 Å². The molecule has 11 rings (SSSR count). The van der Waals surface area contributed by atoms with Gasteiger partial charge in [-0.2, -0.15) is 5.26 Å². The molecule has 0 aliphatic rings. The highest BCUT2D eigenvalue weighted by Crippen LogP contribution is 2.40. The molecule has 7 aromatic carbocycles. The van der Waals surface area contributed by atoms with E-state index in [1.807, 2.05) is 72.8 Å². The van der Waals surface area contributed by atoms with Crippen molar-refractivity contribution in [2.45, 2.75) is 0 Å². The van der Waals surface area contributed by atoms with Gasteiger partial charge in [0, 0.05) is 38.1 Å². The number of nitrogens with zero attached hydrogens (tertiary/aromatic N) is 4. The maximum absolute atomic E-state index is 10.6. The summed E-state index contributed by atoms with van der Waals surface area (Å²) in [5.74, 6) is 0.505. The second kappa shape index (κ2) is 10.4. The fourth-order valence-electron chi connectivity index (χ4n) is 7.66. The van der Waals surface area contributed by atoms with Crippen molar-refractivity contribution in [1.29, 1.82) is 5.26 Å². The lowest BCUT2D eigenvalue weighted by molar-refractivity contribution is 0.666. The summed E-state index contributed by atoms with van der Waals surface area (Å²) in [6.45, 7) is 0. The largest absolute Gasteiger partial charge is 0.456 e. The summed E-state index contributed by atoms with van der Waals surface area (Å²) in [4.78, 5) is 10.2. The van der Waals surface area contributed by atoms with Crippen LogP contribution in [0.15, 0.2) is 154 Å². The Morgan fingerprint density at radius 2 is 1.20 bits per heavy atom. The Labute approximate surface area is 290 Å². The quantitative estimate of drug-likeness (QED) is 0.190. The molecule has 6 heteroatoms. The molecule has 51 heavy (non-hydrogen) atoms. The van der Waals surface area contributed by atoms with Gasteiger partial charge < -0.3 is 13.4 Å². The zero-order valence-corrected chi connectivity index (χ0v) is 27.0. The van der Waals surface area contributed by atoms with Gasteiger partial charge in [0.25, 0.3) is 0 Å². The van der Waals surface area contributed by atoms with Gasteiger partial charge in [0.1, 0.15) is 34.0 Å². The van der Waals surface area contributed by atoms with E-state index in [9.17, 15) is 5.26 Å². The minimum atomic E-state index is 0.505. The van der Waals surface area contributed by atoms with Crippen LogP contribution in [-0.2, 0) is 0 Å². The van der Waals surface area contributed by atoms with E-state index in [1.165, 1.54) is 5.39 Å². The third-order valence-corrected chi connectivity index (χ3v) is 10.0. The predicted octanol–water partition coefficient (Wildman–Crippen LogP) is 11.7. The molecule has 0 bridgehead atoms. The van der Waals surface area contributed by atoms with Gasteiger partial charge in [-0.3, -0.25) is 0 Å². The SMILES string of the molecule is N#Cc1cc(-c2nc(-c3ccc4c(c3)oc3ccccc34)c3oc4ccccc4c3n2)ccc1-n1c2ccccc2c2cc3ccccc3cc21. The second-order valence-corrected chi connectivity index (χ2v) is 12.9. The molecule has 4 aromatic heterocycles. The first kappa shape index (κ1) is 27.7. The fraction of sp³-hybridized carbons (Fsp3) is 0.